The first-order chi connectivity index (χ1) is 15.2. The van der Waals surface area contributed by atoms with Gasteiger partial charge in [-0.15, -0.1) is 5.10 Å². The van der Waals surface area contributed by atoms with Crippen molar-refractivity contribution in [3.05, 3.63) is 30.7 Å². The topological polar surface area (TPSA) is 106 Å². The van der Waals surface area contributed by atoms with E-state index in [4.69, 9.17) is 10.8 Å². The quantitative estimate of drug-likeness (QED) is 0.556. The number of anilines is 2. The Hall–Kier alpha value is -2.74. The number of imidazole rings is 1. The Kier molecular flexibility index (Phi) is 5.97. The van der Waals surface area contributed by atoms with Gasteiger partial charge in [0.2, 0.25) is 5.95 Å². The Bertz CT molecular complexity index is 984. The molecular weight excluding hydrogens is 388 g/mol. The summed E-state index contributed by atoms with van der Waals surface area (Å²) in [5.41, 5.74) is 8.64. The van der Waals surface area contributed by atoms with E-state index in [1.807, 2.05) is 35.2 Å². The summed E-state index contributed by atoms with van der Waals surface area (Å²) in [5, 5.41) is 11.8. The van der Waals surface area contributed by atoms with Crippen LogP contribution in [0.5, 0.6) is 0 Å². The molecule has 4 N–H and O–H groups in total. The van der Waals surface area contributed by atoms with E-state index >= 15 is 0 Å². The highest BCUT2D eigenvalue weighted by Gasteiger charge is 2.19. The van der Waals surface area contributed by atoms with Crippen molar-refractivity contribution in [2.75, 3.05) is 17.2 Å². The first-order valence-corrected chi connectivity index (χ1v) is 11.7. The second-order valence-corrected chi connectivity index (χ2v) is 9.07. The number of rotatable bonds is 6. The molecule has 0 amide bonds. The zero-order chi connectivity index (χ0) is 21.0. The lowest BCUT2D eigenvalue weighted by Crippen LogP contribution is -2.33. The molecule has 0 radical (unpaired) electrons. The van der Waals surface area contributed by atoms with Crippen molar-refractivity contribution in [1.82, 2.24) is 24.6 Å². The SMILES string of the molecule is N[C@H]1CC[C@H](Nc2ccc3ncc(-c4cnc(NCC5CCCCC5)nc4)n3n2)CC1. The summed E-state index contributed by atoms with van der Waals surface area (Å²) >= 11 is 0. The van der Waals surface area contributed by atoms with Crippen LogP contribution in [0.25, 0.3) is 16.9 Å². The van der Waals surface area contributed by atoms with Gasteiger partial charge in [-0.25, -0.2) is 19.5 Å². The summed E-state index contributed by atoms with van der Waals surface area (Å²) in [6.07, 6.45) is 16.5. The number of aromatic nitrogens is 5. The molecule has 0 unspecified atom stereocenters. The van der Waals surface area contributed by atoms with Gasteiger partial charge in [-0.05, 0) is 56.6 Å². The predicted molar refractivity (Wildman–Crippen MR) is 123 cm³/mol. The second kappa shape index (κ2) is 9.18. The van der Waals surface area contributed by atoms with E-state index < -0.39 is 0 Å². The summed E-state index contributed by atoms with van der Waals surface area (Å²) in [6, 6.07) is 4.76. The van der Waals surface area contributed by atoms with Crippen LogP contribution < -0.4 is 16.4 Å². The van der Waals surface area contributed by atoms with Gasteiger partial charge >= 0.3 is 0 Å². The summed E-state index contributed by atoms with van der Waals surface area (Å²) in [5.74, 6) is 2.29. The standard InChI is InChI=1S/C23H32N8/c24-18-6-8-19(9-7-18)29-21-10-11-22-25-15-20(31(22)30-21)17-13-27-23(28-14-17)26-12-16-4-2-1-3-5-16/h10-11,13-16,18-19H,1-9,12,24H2,(H,29,30)(H,26,27,28)/t18-,19-. The summed E-state index contributed by atoms with van der Waals surface area (Å²) in [6.45, 7) is 0.956. The fraction of sp³-hybridized carbons (Fsp3) is 0.565. The fourth-order valence-corrected chi connectivity index (χ4v) is 4.80. The molecule has 8 heteroatoms. The van der Waals surface area contributed by atoms with Gasteiger partial charge < -0.3 is 16.4 Å². The van der Waals surface area contributed by atoms with Crippen LogP contribution in [0.2, 0.25) is 0 Å². The Morgan fingerprint density at radius 2 is 1.68 bits per heavy atom. The Morgan fingerprint density at radius 1 is 0.903 bits per heavy atom. The molecule has 0 bridgehead atoms. The third kappa shape index (κ3) is 4.79. The van der Waals surface area contributed by atoms with Crippen LogP contribution >= 0.6 is 0 Å². The number of nitrogens with two attached hydrogens (primary N) is 1. The van der Waals surface area contributed by atoms with Crippen molar-refractivity contribution in [1.29, 1.82) is 0 Å². The van der Waals surface area contributed by atoms with E-state index in [9.17, 15) is 0 Å². The smallest absolute Gasteiger partial charge is 0.222 e. The molecule has 3 heterocycles. The lowest BCUT2D eigenvalue weighted by molar-refractivity contribution is 0.373. The average Bonchev–Trinajstić information content (AvgIpc) is 3.24. The van der Waals surface area contributed by atoms with Gasteiger partial charge in [-0.1, -0.05) is 19.3 Å². The first kappa shape index (κ1) is 20.2. The Morgan fingerprint density at radius 3 is 2.45 bits per heavy atom. The van der Waals surface area contributed by atoms with Crippen molar-refractivity contribution in [3.63, 3.8) is 0 Å². The van der Waals surface area contributed by atoms with E-state index in [1.165, 1.54) is 32.1 Å². The highest BCUT2D eigenvalue weighted by molar-refractivity contribution is 5.62. The Labute approximate surface area is 183 Å². The maximum absolute atomic E-state index is 6.03. The van der Waals surface area contributed by atoms with Crippen LogP contribution in [0.1, 0.15) is 57.8 Å². The van der Waals surface area contributed by atoms with Gasteiger partial charge in [-0.2, -0.15) is 0 Å². The maximum Gasteiger partial charge on any atom is 0.222 e. The monoisotopic (exact) mass is 420 g/mol. The van der Waals surface area contributed by atoms with Gasteiger partial charge in [0.1, 0.15) is 5.82 Å². The normalized spacial score (nSPS) is 22.5. The van der Waals surface area contributed by atoms with Gasteiger partial charge in [0, 0.05) is 36.6 Å². The highest BCUT2D eigenvalue weighted by atomic mass is 15.3. The molecule has 0 aliphatic heterocycles. The van der Waals surface area contributed by atoms with Gasteiger partial charge in [0.05, 0.1) is 11.9 Å². The van der Waals surface area contributed by atoms with E-state index in [2.05, 4.69) is 25.6 Å². The summed E-state index contributed by atoms with van der Waals surface area (Å²) < 4.78 is 1.87. The van der Waals surface area contributed by atoms with Gasteiger partial charge in [0.15, 0.2) is 5.65 Å². The molecule has 2 aliphatic rings. The number of hydrogen-bond donors (Lipinski definition) is 3. The molecule has 8 nitrogen and oxygen atoms in total. The van der Waals surface area contributed by atoms with Crippen LogP contribution in [-0.4, -0.2) is 43.2 Å². The van der Waals surface area contributed by atoms with Crippen LogP contribution in [0.4, 0.5) is 11.8 Å². The Balaban J connectivity index is 1.27. The number of hydrogen-bond acceptors (Lipinski definition) is 7. The lowest BCUT2D eigenvalue weighted by Gasteiger charge is -2.27. The third-order valence-electron chi connectivity index (χ3n) is 6.71. The van der Waals surface area contributed by atoms with Crippen molar-refractivity contribution in [2.24, 2.45) is 11.7 Å². The van der Waals surface area contributed by atoms with E-state index in [1.54, 1.807) is 0 Å². The molecule has 2 fully saturated rings. The van der Waals surface area contributed by atoms with E-state index in [0.717, 1.165) is 60.9 Å². The number of fused-ring (bicyclic) bond motifs is 1. The van der Waals surface area contributed by atoms with Crippen molar-refractivity contribution < 1.29 is 0 Å². The van der Waals surface area contributed by atoms with Crippen LogP contribution in [0.3, 0.4) is 0 Å². The molecule has 0 spiro atoms. The summed E-state index contributed by atoms with van der Waals surface area (Å²) in [4.78, 5) is 13.6. The molecule has 0 atom stereocenters. The minimum absolute atomic E-state index is 0.342. The van der Waals surface area contributed by atoms with Crippen molar-refractivity contribution in [2.45, 2.75) is 69.9 Å². The lowest BCUT2D eigenvalue weighted by atomic mass is 9.89. The van der Waals surface area contributed by atoms with E-state index in [-0.39, 0.29) is 0 Å². The maximum atomic E-state index is 6.03. The molecule has 3 aromatic rings. The molecule has 0 aromatic carbocycles. The van der Waals surface area contributed by atoms with Crippen LogP contribution in [0.15, 0.2) is 30.7 Å². The molecule has 2 aliphatic carbocycles. The summed E-state index contributed by atoms with van der Waals surface area (Å²) in [7, 11) is 0. The first-order valence-electron chi connectivity index (χ1n) is 11.7. The molecule has 31 heavy (non-hydrogen) atoms. The molecule has 3 aromatic heterocycles. The highest BCUT2D eigenvalue weighted by Crippen LogP contribution is 2.25. The average molecular weight is 421 g/mol. The molecular formula is C23H32N8. The predicted octanol–water partition coefficient (Wildman–Crippen LogP) is 3.86. The minimum atomic E-state index is 0.342. The third-order valence-corrected chi connectivity index (χ3v) is 6.71. The zero-order valence-electron chi connectivity index (χ0n) is 18.0. The van der Waals surface area contributed by atoms with E-state index in [0.29, 0.717) is 18.0 Å². The van der Waals surface area contributed by atoms with Gasteiger partial charge in [0.25, 0.3) is 0 Å². The minimum Gasteiger partial charge on any atom is -0.366 e. The largest absolute Gasteiger partial charge is 0.366 e. The number of nitrogens with zero attached hydrogens (tertiary/aromatic N) is 5. The fourth-order valence-electron chi connectivity index (χ4n) is 4.80. The van der Waals surface area contributed by atoms with Gasteiger partial charge in [-0.3, -0.25) is 0 Å². The molecule has 5 rings (SSSR count). The molecule has 2 saturated carbocycles. The van der Waals surface area contributed by atoms with Crippen LogP contribution in [-0.2, 0) is 0 Å². The van der Waals surface area contributed by atoms with Crippen molar-refractivity contribution in [3.8, 4) is 11.3 Å². The number of nitrogens with one attached hydrogen (secondary N) is 2. The molecule has 164 valence electrons. The zero-order valence-corrected chi connectivity index (χ0v) is 18.0. The van der Waals surface area contributed by atoms with Crippen molar-refractivity contribution >= 4 is 17.4 Å². The van der Waals surface area contributed by atoms with Crippen LogP contribution in [0, 0.1) is 5.92 Å². The second-order valence-electron chi connectivity index (χ2n) is 9.07. The molecule has 0 saturated heterocycles.